The van der Waals surface area contributed by atoms with Crippen molar-refractivity contribution in [2.75, 3.05) is 13.1 Å². The predicted octanol–water partition coefficient (Wildman–Crippen LogP) is 4.89. The van der Waals surface area contributed by atoms with Gasteiger partial charge in [-0.05, 0) is 73.7 Å². The zero-order valence-corrected chi connectivity index (χ0v) is 16.2. The van der Waals surface area contributed by atoms with Crippen molar-refractivity contribution in [3.05, 3.63) is 63.9 Å². The molecule has 1 aliphatic heterocycles. The number of nitrogens with zero attached hydrogens (tertiary/aromatic N) is 1. The molecule has 0 amide bonds. The maximum Gasteiger partial charge on any atom is 0.181 e. The second kappa shape index (κ2) is 8.22. The van der Waals surface area contributed by atoms with Crippen LogP contribution in [0, 0.1) is 5.92 Å². The molecule has 0 bridgehead atoms. The van der Waals surface area contributed by atoms with Gasteiger partial charge in [0.25, 0.3) is 0 Å². The fraction of sp³-hybridized carbons (Fsp3) is 0.421. The monoisotopic (exact) mass is 402 g/mol. The van der Waals surface area contributed by atoms with E-state index in [1.807, 2.05) is 30.3 Å². The molecule has 25 heavy (non-hydrogen) atoms. The Morgan fingerprint density at radius 1 is 1.08 bits per heavy atom. The van der Waals surface area contributed by atoms with Gasteiger partial charge in [0, 0.05) is 17.1 Å². The molecule has 1 fully saturated rings. The lowest BCUT2D eigenvalue weighted by Crippen LogP contribution is -2.41. The molecule has 1 unspecified atom stereocenters. The minimum atomic E-state index is -1.52. The Kier molecular flexibility index (Phi) is 6.72. The zero-order chi connectivity index (χ0) is 15.9. The van der Waals surface area contributed by atoms with E-state index in [1.165, 1.54) is 0 Å². The minimum absolute atomic E-state index is 0. The van der Waals surface area contributed by atoms with Crippen LogP contribution in [0.2, 0.25) is 5.02 Å². The average Bonchev–Trinajstić information content (AvgIpc) is 2.72. The summed E-state index contributed by atoms with van der Waals surface area (Å²) in [6.07, 6.45) is 5.00. The Balaban J connectivity index is 0.00000113. The third-order valence-electron chi connectivity index (χ3n) is 5.26. The third-order valence-corrected chi connectivity index (χ3v) is 5.50. The van der Waals surface area contributed by atoms with E-state index in [4.69, 9.17) is 11.6 Å². The summed E-state index contributed by atoms with van der Waals surface area (Å²) in [5.41, 5.74) is 1.92. The van der Waals surface area contributed by atoms with Crippen molar-refractivity contribution in [3.63, 3.8) is 0 Å². The Morgan fingerprint density at radius 2 is 1.80 bits per heavy atom. The van der Waals surface area contributed by atoms with Gasteiger partial charge in [0.15, 0.2) is 5.67 Å². The highest BCUT2D eigenvalue weighted by Crippen LogP contribution is 2.48. The molecule has 136 valence electrons. The number of aryl methyl sites for hydroxylation is 2. The first kappa shape index (κ1) is 20.4. The van der Waals surface area contributed by atoms with Crippen LogP contribution in [0.15, 0.2) is 36.5 Å². The number of aromatic nitrogens is 1. The molecule has 1 aromatic carbocycles. The quantitative estimate of drug-likeness (QED) is 0.733. The van der Waals surface area contributed by atoms with Crippen LogP contribution in [-0.4, -0.2) is 18.1 Å². The number of rotatable bonds is 1. The maximum absolute atomic E-state index is 16.7. The second-order valence-electron chi connectivity index (χ2n) is 6.55. The van der Waals surface area contributed by atoms with Crippen molar-refractivity contribution in [3.8, 4) is 0 Å². The Bertz CT molecular complexity index is 734. The van der Waals surface area contributed by atoms with Crippen molar-refractivity contribution >= 4 is 36.4 Å². The fourth-order valence-electron chi connectivity index (χ4n) is 4.12. The number of fused-ring (bicyclic) bond motifs is 2. The molecule has 1 aromatic heterocycles. The van der Waals surface area contributed by atoms with Crippen LogP contribution in [0.25, 0.3) is 0 Å². The van der Waals surface area contributed by atoms with Crippen LogP contribution in [0.4, 0.5) is 4.39 Å². The van der Waals surface area contributed by atoms with E-state index in [0.29, 0.717) is 10.7 Å². The molecule has 6 heteroatoms. The number of halogens is 4. The van der Waals surface area contributed by atoms with Crippen LogP contribution in [0.3, 0.4) is 0 Å². The minimum Gasteiger partial charge on any atom is -0.317 e. The zero-order valence-electron chi connectivity index (χ0n) is 13.8. The molecule has 0 spiro atoms. The van der Waals surface area contributed by atoms with E-state index < -0.39 is 5.67 Å². The fourth-order valence-corrected chi connectivity index (χ4v) is 4.32. The number of piperidine rings is 1. The number of pyridine rings is 1. The van der Waals surface area contributed by atoms with Gasteiger partial charge in [-0.25, -0.2) is 4.39 Å². The van der Waals surface area contributed by atoms with Gasteiger partial charge in [-0.15, -0.1) is 24.8 Å². The molecule has 2 heterocycles. The van der Waals surface area contributed by atoms with Crippen molar-refractivity contribution in [1.82, 2.24) is 10.3 Å². The first-order chi connectivity index (χ1) is 11.2. The largest absolute Gasteiger partial charge is 0.317 e. The maximum atomic E-state index is 16.7. The molecule has 1 saturated heterocycles. The van der Waals surface area contributed by atoms with Gasteiger partial charge in [0.2, 0.25) is 0 Å². The highest BCUT2D eigenvalue weighted by Gasteiger charge is 2.47. The lowest BCUT2D eigenvalue weighted by Gasteiger charge is -2.37. The molecule has 4 rings (SSSR count). The van der Waals surface area contributed by atoms with Gasteiger partial charge in [-0.1, -0.05) is 23.7 Å². The highest BCUT2D eigenvalue weighted by atomic mass is 35.5. The van der Waals surface area contributed by atoms with Crippen LogP contribution >= 0.6 is 36.4 Å². The Morgan fingerprint density at radius 3 is 2.56 bits per heavy atom. The van der Waals surface area contributed by atoms with Crippen molar-refractivity contribution in [2.45, 2.75) is 31.4 Å². The van der Waals surface area contributed by atoms with Crippen molar-refractivity contribution in [1.29, 1.82) is 0 Å². The summed E-state index contributed by atoms with van der Waals surface area (Å²) < 4.78 is 16.7. The molecule has 0 radical (unpaired) electrons. The van der Waals surface area contributed by atoms with E-state index in [-0.39, 0.29) is 30.7 Å². The lowest BCUT2D eigenvalue weighted by molar-refractivity contribution is 0.0947. The van der Waals surface area contributed by atoms with Crippen molar-refractivity contribution < 1.29 is 4.39 Å². The van der Waals surface area contributed by atoms with E-state index in [9.17, 15) is 0 Å². The van der Waals surface area contributed by atoms with Gasteiger partial charge in [-0.2, -0.15) is 0 Å². The molecule has 2 aromatic rings. The molecule has 1 atom stereocenters. The van der Waals surface area contributed by atoms with Crippen LogP contribution in [0.1, 0.15) is 35.2 Å². The molecule has 1 aliphatic carbocycles. The van der Waals surface area contributed by atoms with Crippen LogP contribution < -0.4 is 5.32 Å². The topological polar surface area (TPSA) is 24.9 Å². The Labute approximate surface area is 165 Å². The summed E-state index contributed by atoms with van der Waals surface area (Å²) in [6, 6.07) is 9.54. The molecule has 2 aliphatic rings. The standard InChI is InChI=1S/C19H20ClFN2.2ClH/c20-16-5-6-17-14(12-16)4-3-13-2-1-9-23-18(13)19(17,21)15-7-10-22-11-8-15;;/h1-2,5-6,9,12,15,22H,3-4,7-8,10-11H2;2*1H. The molecular formula is C19H22Cl3FN2. The third kappa shape index (κ3) is 3.52. The summed E-state index contributed by atoms with van der Waals surface area (Å²) in [7, 11) is 0. The van der Waals surface area contributed by atoms with Gasteiger partial charge in [0.05, 0.1) is 5.69 Å². The van der Waals surface area contributed by atoms with E-state index in [2.05, 4.69) is 10.3 Å². The van der Waals surface area contributed by atoms with E-state index >= 15 is 4.39 Å². The SMILES string of the molecule is Cl.Cl.FC1(C2CCNCC2)c2ccc(Cl)cc2CCc2cccnc21. The number of benzene rings is 1. The lowest BCUT2D eigenvalue weighted by atomic mass is 9.74. The van der Waals surface area contributed by atoms with E-state index in [0.717, 1.165) is 55.5 Å². The molecular weight excluding hydrogens is 382 g/mol. The molecule has 1 N–H and O–H groups in total. The highest BCUT2D eigenvalue weighted by molar-refractivity contribution is 6.30. The van der Waals surface area contributed by atoms with Gasteiger partial charge < -0.3 is 5.32 Å². The normalized spacial score (nSPS) is 22.6. The van der Waals surface area contributed by atoms with Crippen LogP contribution in [-0.2, 0) is 18.5 Å². The summed E-state index contributed by atoms with van der Waals surface area (Å²) in [6.45, 7) is 1.73. The number of hydrogen-bond donors (Lipinski definition) is 1. The molecule has 2 nitrogen and oxygen atoms in total. The van der Waals surface area contributed by atoms with Crippen LogP contribution in [0.5, 0.6) is 0 Å². The Hall–Kier alpha value is -0.870. The summed E-state index contributed by atoms with van der Waals surface area (Å²) in [5.74, 6) is -0.0459. The summed E-state index contributed by atoms with van der Waals surface area (Å²) >= 11 is 6.17. The number of alkyl halides is 1. The van der Waals surface area contributed by atoms with Gasteiger partial charge in [-0.3, -0.25) is 4.98 Å². The summed E-state index contributed by atoms with van der Waals surface area (Å²) in [4.78, 5) is 4.50. The van der Waals surface area contributed by atoms with Crippen molar-refractivity contribution in [2.24, 2.45) is 5.92 Å². The smallest absolute Gasteiger partial charge is 0.181 e. The molecule has 0 saturated carbocycles. The first-order valence-electron chi connectivity index (χ1n) is 8.32. The van der Waals surface area contributed by atoms with Gasteiger partial charge >= 0.3 is 0 Å². The number of nitrogens with one attached hydrogen (secondary N) is 1. The second-order valence-corrected chi connectivity index (χ2v) is 6.99. The summed E-state index contributed by atoms with van der Waals surface area (Å²) in [5, 5.41) is 4.01. The average molecular weight is 404 g/mol. The first-order valence-corrected chi connectivity index (χ1v) is 8.70. The van der Waals surface area contributed by atoms with Gasteiger partial charge in [0.1, 0.15) is 0 Å². The predicted molar refractivity (Wildman–Crippen MR) is 105 cm³/mol. The van der Waals surface area contributed by atoms with E-state index in [1.54, 1.807) is 6.20 Å². The number of hydrogen-bond acceptors (Lipinski definition) is 2.